The lowest BCUT2D eigenvalue weighted by atomic mass is 10.0. The predicted molar refractivity (Wildman–Crippen MR) is 116 cm³/mol. The number of aromatic amines is 1. The van der Waals surface area contributed by atoms with Crippen molar-refractivity contribution in [2.45, 2.75) is 32.7 Å². The van der Waals surface area contributed by atoms with Gasteiger partial charge in [-0.3, -0.25) is 9.69 Å². The third kappa shape index (κ3) is 4.71. The maximum absolute atomic E-state index is 11.5. The number of nitrogen functional groups attached to an aromatic ring is 1. The van der Waals surface area contributed by atoms with Gasteiger partial charge in [0.25, 0.3) is 0 Å². The molecule has 1 aliphatic heterocycles. The van der Waals surface area contributed by atoms with Gasteiger partial charge in [-0.25, -0.2) is 0 Å². The number of carbonyl (C=O) groups excluding carboxylic acids is 1. The van der Waals surface area contributed by atoms with Crippen LogP contribution in [0.25, 0.3) is 11.0 Å². The van der Waals surface area contributed by atoms with E-state index in [1.54, 1.807) is 0 Å². The highest BCUT2D eigenvalue weighted by atomic mass is 16.5. The molecule has 4 rings (SSSR count). The number of amides is 1. The number of aromatic nitrogens is 3. The Hall–Kier alpha value is -3.13. The molecule has 4 N–H and O–H groups in total. The molecule has 0 radical (unpaired) electrons. The second-order valence-corrected chi connectivity index (χ2v) is 7.68. The van der Waals surface area contributed by atoms with E-state index in [-0.39, 0.29) is 5.91 Å². The fourth-order valence-electron chi connectivity index (χ4n) is 3.63. The zero-order valence-corrected chi connectivity index (χ0v) is 17.3. The summed E-state index contributed by atoms with van der Waals surface area (Å²) < 4.78 is 5.66. The van der Waals surface area contributed by atoms with Crippen molar-refractivity contribution >= 4 is 22.8 Å². The smallest absolute Gasteiger partial charge is 0.319 e. The number of nitrogens with zero attached hydrogens (tertiary/aromatic N) is 3. The molecule has 3 heterocycles. The first-order chi connectivity index (χ1) is 14.6. The lowest BCUT2D eigenvalue weighted by Gasteiger charge is -2.26. The summed E-state index contributed by atoms with van der Waals surface area (Å²) in [5.74, 6) is 0.496. The van der Waals surface area contributed by atoms with Gasteiger partial charge in [0.05, 0.1) is 13.2 Å². The predicted octanol–water partition coefficient (Wildman–Crippen LogP) is 2.24. The second-order valence-electron chi connectivity index (χ2n) is 7.68. The van der Waals surface area contributed by atoms with Crippen LogP contribution in [0, 0.1) is 0 Å². The lowest BCUT2D eigenvalue weighted by molar-refractivity contribution is -0.124. The Morgan fingerprint density at radius 2 is 2.00 bits per heavy atom. The maximum Gasteiger partial charge on any atom is 0.319 e. The minimum absolute atomic E-state index is 0.0940. The van der Waals surface area contributed by atoms with Crippen molar-refractivity contribution in [2.75, 3.05) is 32.0 Å². The minimum atomic E-state index is 0.0940. The molecule has 0 saturated carbocycles. The fourth-order valence-corrected chi connectivity index (χ4v) is 3.63. The van der Waals surface area contributed by atoms with Crippen molar-refractivity contribution in [2.24, 2.45) is 0 Å². The van der Waals surface area contributed by atoms with Gasteiger partial charge < -0.3 is 20.8 Å². The van der Waals surface area contributed by atoms with Gasteiger partial charge in [0.1, 0.15) is 11.0 Å². The van der Waals surface area contributed by atoms with Gasteiger partial charge in [0.15, 0.2) is 5.82 Å². The molecule has 30 heavy (non-hydrogen) atoms. The summed E-state index contributed by atoms with van der Waals surface area (Å²) in [7, 11) is 0. The Labute approximate surface area is 175 Å². The molecule has 1 amide bonds. The number of fused-ring (bicyclic) bond motifs is 1. The molecule has 1 saturated heterocycles. The van der Waals surface area contributed by atoms with Crippen LogP contribution in [0.4, 0.5) is 5.82 Å². The number of benzene rings is 1. The molecule has 0 spiro atoms. The zero-order chi connectivity index (χ0) is 20.9. The summed E-state index contributed by atoms with van der Waals surface area (Å²) in [6.45, 7) is 5.53. The van der Waals surface area contributed by atoms with Crippen molar-refractivity contribution in [3.63, 3.8) is 0 Å². The Balaban J connectivity index is 1.46. The average molecular weight is 409 g/mol. The molecular formula is C22H28N6O2. The summed E-state index contributed by atoms with van der Waals surface area (Å²) in [6.07, 6.45) is 4.67. The van der Waals surface area contributed by atoms with Crippen molar-refractivity contribution in [1.82, 2.24) is 25.2 Å². The number of hydrogen-bond donors (Lipinski definition) is 3. The molecule has 8 nitrogen and oxygen atoms in total. The lowest BCUT2D eigenvalue weighted by Crippen LogP contribution is -2.47. The SMILES string of the molecule is CCCCOc1nc(N)c2[nH]cc(Cc3ccc(CN4CCNC(=O)C4)cc3)c2n1. The number of anilines is 1. The van der Waals surface area contributed by atoms with Crippen LogP contribution in [0.1, 0.15) is 36.5 Å². The highest BCUT2D eigenvalue weighted by molar-refractivity contribution is 5.87. The first-order valence-electron chi connectivity index (χ1n) is 10.5. The van der Waals surface area contributed by atoms with Gasteiger partial charge in [-0.05, 0) is 17.5 Å². The molecule has 1 fully saturated rings. The first kappa shape index (κ1) is 20.2. The van der Waals surface area contributed by atoms with Crippen LogP contribution in [0.2, 0.25) is 0 Å². The van der Waals surface area contributed by atoms with Gasteiger partial charge in [-0.1, -0.05) is 37.6 Å². The highest BCUT2D eigenvalue weighted by Gasteiger charge is 2.16. The van der Waals surface area contributed by atoms with E-state index in [4.69, 9.17) is 10.5 Å². The van der Waals surface area contributed by atoms with Crippen molar-refractivity contribution in [3.8, 4) is 6.01 Å². The van der Waals surface area contributed by atoms with Crippen LogP contribution in [0.5, 0.6) is 6.01 Å². The summed E-state index contributed by atoms with van der Waals surface area (Å²) in [6, 6.07) is 8.83. The number of unbranched alkanes of at least 4 members (excludes halogenated alkanes) is 1. The van der Waals surface area contributed by atoms with Crippen molar-refractivity contribution < 1.29 is 9.53 Å². The van der Waals surface area contributed by atoms with E-state index in [0.29, 0.717) is 31.5 Å². The number of nitrogens with one attached hydrogen (secondary N) is 2. The number of H-pyrrole nitrogens is 1. The van der Waals surface area contributed by atoms with Gasteiger partial charge in [0.2, 0.25) is 5.91 Å². The van der Waals surface area contributed by atoms with Crippen molar-refractivity contribution in [1.29, 1.82) is 0 Å². The van der Waals surface area contributed by atoms with Crippen LogP contribution in [-0.4, -0.2) is 52.0 Å². The van der Waals surface area contributed by atoms with Crippen LogP contribution >= 0.6 is 0 Å². The molecule has 0 bridgehead atoms. The quantitative estimate of drug-likeness (QED) is 0.493. The van der Waals surface area contributed by atoms with Crippen LogP contribution in [0.15, 0.2) is 30.5 Å². The average Bonchev–Trinajstić information content (AvgIpc) is 3.13. The number of ether oxygens (including phenoxy) is 1. The number of piperazine rings is 1. The van der Waals surface area contributed by atoms with E-state index in [2.05, 4.69) is 56.4 Å². The number of rotatable bonds is 8. The molecule has 1 aliphatic rings. The number of nitrogens with two attached hydrogens (primary N) is 1. The summed E-state index contributed by atoms with van der Waals surface area (Å²) in [5.41, 5.74) is 11.1. The van der Waals surface area contributed by atoms with E-state index >= 15 is 0 Å². The first-order valence-corrected chi connectivity index (χ1v) is 10.5. The Morgan fingerprint density at radius 1 is 1.20 bits per heavy atom. The topological polar surface area (TPSA) is 109 Å². The summed E-state index contributed by atoms with van der Waals surface area (Å²) in [5, 5.41) is 2.86. The van der Waals surface area contributed by atoms with Gasteiger partial charge in [0, 0.05) is 37.8 Å². The number of carbonyl (C=O) groups is 1. The standard InChI is InChI=1S/C22H28N6O2/c1-2-3-10-30-22-26-19-17(12-25-20(19)21(23)27-22)11-15-4-6-16(7-5-15)13-28-9-8-24-18(29)14-28/h4-7,12,25H,2-3,8-11,13-14H2,1H3,(H,24,29)(H2,23,26,27). The van der Waals surface area contributed by atoms with E-state index in [1.807, 2.05) is 6.20 Å². The van der Waals surface area contributed by atoms with Crippen LogP contribution < -0.4 is 15.8 Å². The largest absolute Gasteiger partial charge is 0.463 e. The Morgan fingerprint density at radius 3 is 2.77 bits per heavy atom. The second kappa shape index (κ2) is 9.13. The van der Waals surface area contributed by atoms with Gasteiger partial charge in [-0.15, -0.1) is 0 Å². The molecule has 0 unspecified atom stereocenters. The Bertz CT molecular complexity index is 1010. The molecule has 3 aromatic rings. The van der Waals surface area contributed by atoms with Crippen LogP contribution in [0.3, 0.4) is 0 Å². The number of hydrogen-bond acceptors (Lipinski definition) is 6. The highest BCUT2D eigenvalue weighted by Crippen LogP contribution is 2.25. The molecule has 0 aliphatic carbocycles. The molecule has 8 heteroatoms. The Kier molecular flexibility index (Phi) is 6.13. The third-order valence-corrected chi connectivity index (χ3v) is 5.28. The van der Waals surface area contributed by atoms with E-state index < -0.39 is 0 Å². The molecule has 0 atom stereocenters. The summed E-state index contributed by atoms with van der Waals surface area (Å²) >= 11 is 0. The monoisotopic (exact) mass is 408 g/mol. The van der Waals surface area contributed by atoms with Crippen LogP contribution in [-0.2, 0) is 17.8 Å². The van der Waals surface area contributed by atoms with Crippen molar-refractivity contribution in [3.05, 3.63) is 47.2 Å². The third-order valence-electron chi connectivity index (χ3n) is 5.28. The molecular weight excluding hydrogens is 380 g/mol. The van der Waals surface area contributed by atoms with Gasteiger partial charge >= 0.3 is 6.01 Å². The molecule has 2 aromatic heterocycles. The van der Waals surface area contributed by atoms with E-state index in [0.717, 1.165) is 48.9 Å². The fraction of sp³-hybridized carbons (Fsp3) is 0.409. The van der Waals surface area contributed by atoms with Gasteiger partial charge in [-0.2, -0.15) is 9.97 Å². The van der Waals surface area contributed by atoms with E-state index in [9.17, 15) is 4.79 Å². The molecule has 1 aromatic carbocycles. The molecule has 158 valence electrons. The zero-order valence-electron chi connectivity index (χ0n) is 17.3. The minimum Gasteiger partial charge on any atom is -0.463 e. The van der Waals surface area contributed by atoms with E-state index in [1.165, 1.54) is 11.1 Å². The maximum atomic E-state index is 11.5. The normalized spacial score (nSPS) is 14.8. The summed E-state index contributed by atoms with van der Waals surface area (Å²) in [4.78, 5) is 25.7.